The van der Waals surface area contributed by atoms with Gasteiger partial charge in [-0.05, 0) is 19.1 Å². The van der Waals surface area contributed by atoms with Crippen LogP contribution in [0.5, 0.6) is 0 Å². The molecule has 0 spiro atoms. The van der Waals surface area contributed by atoms with Gasteiger partial charge in [0.1, 0.15) is 11.6 Å². The lowest BCUT2D eigenvalue weighted by molar-refractivity contribution is 0.199. The molecule has 1 N–H and O–H groups in total. The molecule has 0 amide bonds. The molecule has 21 heavy (non-hydrogen) atoms. The molecule has 2 aromatic rings. The molecule has 1 heterocycles. The highest BCUT2D eigenvalue weighted by Crippen LogP contribution is 2.15. The Morgan fingerprint density at radius 1 is 1.29 bits per heavy atom. The first-order valence-corrected chi connectivity index (χ1v) is 6.77. The summed E-state index contributed by atoms with van der Waals surface area (Å²) in [5.74, 6) is -1.10. The summed E-state index contributed by atoms with van der Waals surface area (Å²) in [6.07, 6.45) is 1.72. The van der Waals surface area contributed by atoms with Gasteiger partial charge in [-0.1, -0.05) is 6.07 Å². The number of ether oxygens (including phenoxy) is 1. The number of nitrogens with zero attached hydrogens (tertiary/aromatic N) is 2. The second-order valence-electron chi connectivity index (χ2n) is 4.78. The van der Waals surface area contributed by atoms with Crippen LogP contribution in [0.4, 0.5) is 8.78 Å². The second-order valence-corrected chi connectivity index (χ2v) is 4.78. The molecule has 114 valence electrons. The van der Waals surface area contributed by atoms with Crippen molar-refractivity contribution in [3.63, 3.8) is 0 Å². The first-order chi connectivity index (χ1) is 10.1. The zero-order valence-corrected chi connectivity index (χ0v) is 12.2. The van der Waals surface area contributed by atoms with Gasteiger partial charge in [0.05, 0.1) is 19.3 Å². The first-order valence-electron chi connectivity index (χ1n) is 6.77. The molecule has 1 aromatic heterocycles. The van der Waals surface area contributed by atoms with Gasteiger partial charge in [-0.25, -0.2) is 8.78 Å². The van der Waals surface area contributed by atoms with E-state index in [0.717, 1.165) is 17.8 Å². The van der Waals surface area contributed by atoms with Crippen molar-refractivity contribution in [2.24, 2.45) is 0 Å². The molecule has 1 aromatic carbocycles. The molecule has 4 nitrogen and oxygen atoms in total. The molecule has 0 saturated heterocycles. The smallest absolute Gasteiger partial charge is 0.131 e. The van der Waals surface area contributed by atoms with E-state index in [2.05, 4.69) is 10.4 Å². The molecule has 0 aliphatic carbocycles. The van der Waals surface area contributed by atoms with Crippen LogP contribution in [0.15, 0.2) is 24.4 Å². The van der Waals surface area contributed by atoms with Crippen LogP contribution in [0.25, 0.3) is 0 Å². The van der Waals surface area contributed by atoms with Crippen LogP contribution in [-0.4, -0.2) is 30.0 Å². The summed E-state index contributed by atoms with van der Waals surface area (Å²) >= 11 is 0. The average Bonchev–Trinajstić information content (AvgIpc) is 2.80. The summed E-state index contributed by atoms with van der Waals surface area (Å²) in [5.41, 5.74) is 1.92. The lowest BCUT2D eigenvalue weighted by Gasteiger charge is -2.08. The summed E-state index contributed by atoms with van der Waals surface area (Å²) in [6, 6.07) is 3.87. The molecule has 0 bridgehead atoms. The van der Waals surface area contributed by atoms with Gasteiger partial charge in [-0.15, -0.1) is 0 Å². The topological polar surface area (TPSA) is 39.1 Å². The highest BCUT2D eigenvalue weighted by Gasteiger charge is 2.12. The van der Waals surface area contributed by atoms with Crippen molar-refractivity contribution in [2.75, 3.05) is 20.3 Å². The van der Waals surface area contributed by atoms with Gasteiger partial charge >= 0.3 is 0 Å². The van der Waals surface area contributed by atoms with E-state index in [4.69, 9.17) is 4.74 Å². The number of nitrogens with one attached hydrogen (secondary N) is 1. The van der Waals surface area contributed by atoms with Gasteiger partial charge in [0.2, 0.25) is 0 Å². The Balaban J connectivity index is 2.06. The van der Waals surface area contributed by atoms with Gasteiger partial charge in [0, 0.05) is 37.0 Å². The molecule has 0 aliphatic rings. The lowest BCUT2D eigenvalue weighted by Crippen LogP contribution is -2.19. The zero-order chi connectivity index (χ0) is 15.2. The molecular weight excluding hydrogens is 276 g/mol. The predicted molar refractivity (Wildman–Crippen MR) is 76.0 cm³/mol. The minimum absolute atomic E-state index is 0.0302. The summed E-state index contributed by atoms with van der Waals surface area (Å²) in [5, 5.41) is 7.42. The van der Waals surface area contributed by atoms with Crippen molar-refractivity contribution in [3.8, 4) is 0 Å². The van der Waals surface area contributed by atoms with Crippen molar-refractivity contribution in [1.29, 1.82) is 0 Å². The number of methoxy groups -OCH3 is 1. The fourth-order valence-electron chi connectivity index (χ4n) is 2.05. The molecule has 0 saturated carbocycles. The molecule has 0 atom stereocenters. The van der Waals surface area contributed by atoms with Crippen LogP contribution in [-0.2, 0) is 17.8 Å². The van der Waals surface area contributed by atoms with E-state index in [0.29, 0.717) is 13.2 Å². The van der Waals surface area contributed by atoms with E-state index in [1.165, 1.54) is 18.2 Å². The van der Waals surface area contributed by atoms with Crippen molar-refractivity contribution in [3.05, 3.63) is 52.9 Å². The highest BCUT2D eigenvalue weighted by atomic mass is 19.1. The van der Waals surface area contributed by atoms with Crippen LogP contribution >= 0.6 is 0 Å². The Bertz CT molecular complexity index is 578. The minimum atomic E-state index is -0.551. The third-order valence-electron chi connectivity index (χ3n) is 3.37. The van der Waals surface area contributed by atoms with Crippen molar-refractivity contribution >= 4 is 0 Å². The van der Waals surface area contributed by atoms with E-state index < -0.39 is 11.6 Å². The Kier molecular flexibility index (Phi) is 5.41. The minimum Gasteiger partial charge on any atom is -0.383 e. The maximum Gasteiger partial charge on any atom is 0.131 e. The van der Waals surface area contributed by atoms with E-state index >= 15 is 0 Å². The number of rotatable bonds is 7. The molecule has 0 fully saturated rings. The molecule has 0 radical (unpaired) electrons. The fourth-order valence-corrected chi connectivity index (χ4v) is 2.05. The van der Waals surface area contributed by atoms with Crippen LogP contribution in [0.1, 0.15) is 16.8 Å². The maximum absolute atomic E-state index is 13.7. The van der Waals surface area contributed by atoms with Gasteiger partial charge in [-0.3, -0.25) is 4.68 Å². The number of aromatic nitrogens is 2. The molecule has 0 aliphatic heterocycles. The van der Waals surface area contributed by atoms with Gasteiger partial charge in [0.15, 0.2) is 0 Å². The van der Waals surface area contributed by atoms with Crippen LogP contribution in [0, 0.1) is 18.6 Å². The molecular formula is C15H19F2N3O. The summed E-state index contributed by atoms with van der Waals surface area (Å²) < 4.78 is 33.9. The van der Waals surface area contributed by atoms with E-state index in [1.807, 2.05) is 6.92 Å². The zero-order valence-electron chi connectivity index (χ0n) is 12.2. The Labute approximate surface area is 122 Å². The number of hydrogen-bond acceptors (Lipinski definition) is 3. The van der Waals surface area contributed by atoms with Crippen LogP contribution in [0.3, 0.4) is 0 Å². The normalized spacial score (nSPS) is 11.0. The van der Waals surface area contributed by atoms with Gasteiger partial charge in [0.25, 0.3) is 0 Å². The Morgan fingerprint density at radius 3 is 2.67 bits per heavy atom. The predicted octanol–water partition coefficient (Wildman–Crippen LogP) is 2.25. The maximum atomic E-state index is 13.7. The molecule has 2 rings (SSSR count). The largest absolute Gasteiger partial charge is 0.383 e. The third kappa shape index (κ3) is 3.86. The van der Waals surface area contributed by atoms with Crippen molar-refractivity contribution in [1.82, 2.24) is 15.1 Å². The SMILES string of the molecule is COCCNCc1cnn(Cc2c(F)cccc2F)c1C. The van der Waals surface area contributed by atoms with Crippen molar-refractivity contribution < 1.29 is 13.5 Å². The summed E-state index contributed by atoms with van der Waals surface area (Å²) in [7, 11) is 1.65. The van der Waals surface area contributed by atoms with Crippen LogP contribution < -0.4 is 5.32 Å². The lowest BCUT2D eigenvalue weighted by atomic mass is 10.2. The quantitative estimate of drug-likeness (QED) is 0.796. The van der Waals surface area contributed by atoms with Crippen molar-refractivity contribution in [2.45, 2.75) is 20.0 Å². The summed E-state index contributed by atoms with van der Waals surface area (Å²) in [6.45, 7) is 3.99. The third-order valence-corrected chi connectivity index (χ3v) is 3.37. The molecule has 0 unspecified atom stereocenters. The summed E-state index contributed by atoms with van der Waals surface area (Å²) in [4.78, 5) is 0. The first kappa shape index (κ1) is 15.6. The van der Waals surface area contributed by atoms with E-state index in [-0.39, 0.29) is 12.1 Å². The van der Waals surface area contributed by atoms with Gasteiger partial charge in [-0.2, -0.15) is 5.10 Å². The Morgan fingerprint density at radius 2 is 2.00 bits per heavy atom. The van der Waals surface area contributed by atoms with Crippen LogP contribution in [0.2, 0.25) is 0 Å². The number of benzene rings is 1. The second kappa shape index (κ2) is 7.28. The van der Waals surface area contributed by atoms with E-state index in [9.17, 15) is 8.78 Å². The Hall–Kier alpha value is -1.79. The fraction of sp³-hybridized carbons (Fsp3) is 0.400. The molecule has 6 heteroatoms. The average molecular weight is 295 g/mol. The highest BCUT2D eigenvalue weighted by molar-refractivity contribution is 5.22. The monoisotopic (exact) mass is 295 g/mol. The number of halogens is 2. The standard InChI is InChI=1S/C15H19F2N3O/c1-11-12(8-18-6-7-21-2)9-19-20(11)10-13-14(16)4-3-5-15(13)17/h3-5,9,18H,6-8,10H2,1-2H3. The number of hydrogen-bond donors (Lipinski definition) is 1. The van der Waals surface area contributed by atoms with Gasteiger partial charge < -0.3 is 10.1 Å². The van der Waals surface area contributed by atoms with E-state index in [1.54, 1.807) is 18.0 Å².